The molecular formula is C18H18F2N2O. The average molecular weight is 316 g/mol. The first-order valence-electron chi connectivity index (χ1n) is 7.45. The number of aliphatic hydroxyl groups is 1. The number of H-pyrrole nitrogens is 1. The third kappa shape index (κ3) is 2.98. The van der Waals surface area contributed by atoms with E-state index < -0.39 is 12.0 Å². The van der Waals surface area contributed by atoms with Crippen LogP contribution in [0.4, 0.5) is 8.78 Å². The highest BCUT2D eigenvalue weighted by atomic mass is 19.1. The molecular weight excluding hydrogens is 298 g/mol. The van der Waals surface area contributed by atoms with Crippen molar-refractivity contribution in [2.75, 3.05) is 13.6 Å². The summed E-state index contributed by atoms with van der Waals surface area (Å²) in [4.78, 5) is 3.03. The smallest absolute Gasteiger partial charge is 0.132 e. The molecule has 0 bridgehead atoms. The van der Waals surface area contributed by atoms with Crippen LogP contribution in [0.2, 0.25) is 0 Å². The molecule has 1 aromatic heterocycles. The Kier molecular flexibility index (Phi) is 4.41. The van der Waals surface area contributed by atoms with Gasteiger partial charge in [-0.25, -0.2) is 8.78 Å². The standard InChI is InChI=1S/C18H18F2N2O/c1-21-10-16(23)17(11-4-2-5-12(19)8-11)13-9-22-15-7-3-6-14(20)18(13)15/h2-9,16-17,21-23H,10H2,1H3. The van der Waals surface area contributed by atoms with Crippen LogP contribution in [-0.2, 0) is 0 Å². The van der Waals surface area contributed by atoms with Crippen LogP contribution in [-0.4, -0.2) is 29.8 Å². The minimum atomic E-state index is -0.819. The Bertz CT molecular complexity index is 816. The number of benzene rings is 2. The van der Waals surface area contributed by atoms with Crippen molar-refractivity contribution in [3.63, 3.8) is 0 Å². The number of likely N-dealkylation sites (N-methyl/N-ethyl adjacent to an activating group) is 1. The topological polar surface area (TPSA) is 48.0 Å². The lowest BCUT2D eigenvalue weighted by molar-refractivity contribution is 0.157. The number of aromatic nitrogens is 1. The summed E-state index contributed by atoms with van der Waals surface area (Å²) in [6.07, 6.45) is 0.864. The van der Waals surface area contributed by atoms with Gasteiger partial charge in [-0.05, 0) is 42.4 Å². The second-order valence-corrected chi connectivity index (χ2v) is 5.56. The third-order valence-electron chi connectivity index (χ3n) is 4.03. The molecule has 0 spiro atoms. The molecule has 0 saturated heterocycles. The third-order valence-corrected chi connectivity index (χ3v) is 4.03. The van der Waals surface area contributed by atoms with Crippen LogP contribution in [0.25, 0.3) is 10.9 Å². The average Bonchev–Trinajstić information content (AvgIpc) is 2.93. The van der Waals surface area contributed by atoms with Gasteiger partial charge in [-0.2, -0.15) is 0 Å². The molecule has 0 fully saturated rings. The highest BCUT2D eigenvalue weighted by Gasteiger charge is 2.26. The van der Waals surface area contributed by atoms with E-state index in [1.165, 1.54) is 18.2 Å². The van der Waals surface area contributed by atoms with Gasteiger partial charge in [-0.3, -0.25) is 0 Å². The van der Waals surface area contributed by atoms with Crippen molar-refractivity contribution < 1.29 is 13.9 Å². The van der Waals surface area contributed by atoms with Gasteiger partial charge in [-0.15, -0.1) is 0 Å². The summed E-state index contributed by atoms with van der Waals surface area (Å²) >= 11 is 0. The van der Waals surface area contributed by atoms with Gasteiger partial charge >= 0.3 is 0 Å². The van der Waals surface area contributed by atoms with Gasteiger partial charge in [-0.1, -0.05) is 18.2 Å². The van der Waals surface area contributed by atoms with Gasteiger partial charge in [0, 0.05) is 29.6 Å². The first-order chi connectivity index (χ1) is 11.1. The number of aromatic amines is 1. The fraction of sp³-hybridized carbons (Fsp3) is 0.222. The Labute approximate surface area is 133 Å². The number of rotatable bonds is 5. The van der Waals surface area contributed by atoms with Crippen LogP contribution >= 0.6 is 0 Å². The summed E-state index contributed by atoms with van der Waals surface area (Å²) in [5.74, 6) is -1.29. The molecule has 5 heteroatoms. The lowest BCUT2D eigenvalue weighted by Crippen LogP contribution is -2.30. The van der Waals surface area contributed by atoms with Crippen LogP contribution in [0.1, 0.15) is 17.0 Å². The number of fused-ring (bicyclic) bond motifs is 1. The molecule has 1 heterocycles. The molecule has 3 N–H and O–H groups in total. The lowest BCUT2D eigenvalue weighted by Gasteiger charge is -2.23. The number of halogens is 2. The van der Waals surface area contributed by atoms with Gasteiger partial charge < -0.3 is 15.4 Å². The van der Waals surface area contributed by atoms with Gasteiger partial charge in [0.15, 0.2) is 0 Å². The van der Waals surface area contributed by atoms with Gasteiger partial charge in [0.2, 0.25) is 0 Å². The predicted octanol–water partition coefficient (Wildman–Crippen LogP) is 3.16. The normalized spacial score (nSPS) is 14.1. The van der Waals surface area contributed by atoms with Crippen LogP contribution < -0.4 is 5.32 Å². The van der Waals surface area contributed by atoms with Crippen molar-refractivity contribution in [1.29, 1.82) is 0 Å². The second-order valence-electron chi connectivity index (χ2n) is 5.56. The molecule has 3 nitrogen and oxygen atoms in total. The van der Waals surface area contributed by atoms with E-state index in [0.29, 0.717) is 28.6 Å². The predicted molar refractivity (Wildman–Crippen MR) is 86.4 cm³/mol. The van der Waals surface area contributed by atoms with Gasteiger partial charge in [0.1, 0.15) is 11.6 Å². The van der Waals surface area contributed by atoms with Crippen LogP contribution in [0.5, 0.6) is 0 Å². The van der Waals surface area contributed by atoms with Crippen LogP contribution in [0.3, 0.4) is 0 Å². The zero-order chi connectivity index (χ0) is 16.4. The molecule has 2 atom stereocenters. The van der Waals surface area contributed by atoms with Crippen molar-refractivity contribution in [2.24, 2.45) is 0 Å². The number of aliphatic hydroxyl groups excluding tert-OH is 1. The minimum Gasteiger partial charge on any atom is -0.391 e. The summed E-state index contributed by atoms with van der Waals surface area (Å²) in [5, 5.41) is 13.9. The number of nitrogens with one attached hydrogen (secondary N) is 2. The van der Waals surface area contributed by atoms with E-state index in [1.807, 2.05) is 0 Å². The Morgan fingerprint density at radius 3 is 2.70 bits per heavy atom. The SMILES string of the molecule is CNCC(O)C(c1cccc(F)c1)c1c[nH]c2cccc(F)c12. The summed E-state index contributed by atoms with van der Waals surface area (Å²) in [7, 11) is 1.72. The summed E-state index contributed by atoms with van der Waals surface area (Å²) < 4.78 is 27.9. The molecule has 0 aliphatic heterocycles. The van der Waals surface area contributed by atoms with E-state index in [1.54, 1.807) is 37.5 Å². The molecule has 2 unspecified atom stereocenters. The summed E-state index contributed by atoms with van der Waals surface area (Å²) in [6.45, 7) is 0.308. The maximum absolute atomic E-state index is 14.3. The first-order valence-corrected chi connectivity index (χ1v) is 7.45. The van der Waals surface area contributed by atoms with Crippen molar-refractivity contribution in [3.05, 3.63) is 71.4 Å². The molecule has 2 aromatic carbocycles. The Hall–Kier alpha value is -2.24. The number of hydrogen-bond donors (Lipinski definition) is 3. The maximum Gasteiger partial charge on any atom is 0.132 e. The van der Waals surface area contributed by atoms with Gasteiger partial charge in [0.05, 0.1) is 6.10 Å². The Morgan fingerprint density at radius 2 is 1.96 bits per heavy atom. The second kappa shape index (κ2) is 6.48. The van der Waals surface area contributed by atoms with E-state index in [2.05, 4.69) is 10.3 Å². The molecule has 0 saturated carbocycles. The van der Waals surface area contributed by atoms with E-state index in [9.17, 15) is 13.9 Å². The van der Waals surface area contributed by atoms with E-state index >= 15 is 0 Å². The summed E-state index contributed by atoms with van der Waals surface area (Å²) in [5.41, 5.74) is 1.88. The zero-order valence-electron chi connectivity index (χ0n) is 12.7. The molecule has 3 aromatic rings. The van der Waals surface area contributed by atoms with Crippen molar-refractivity contribution in [1.82, 2.24) is 10.3 Å². The van der Waals surface area contributed by atoms with Gasteiger partial charge in [0.25, 0.3) is 0 Å². The number of hydrogen-bond acceptors (Lipinski definition) is 2. The molecule has 0 aliphatic carbocycles. The highest BCUT2D eigenvalue weighted by Crippen LogP contribution is 2.34. The Morgan fingerprint density at radius 1 is 1.17 bits per heavy atom. The lowest BCUT2D eigenvalue weighted by atomic mass is 9.86. The fourth-order valence-corrected chi connectivity index (χ4v) is 3.05. The molecule has 0 aliphatic rings. The van der Waals surface area contributed by atoms with Crippen LogP contribution in [0, 0.1) is 11.6 Å². The van der Waals surface area contributed by atoms with Crippen molar-refractivity contribution in [3.8, 4) is 0 Å². The fourth-order valence-electron chi connectivity index (χ4n) is 3.05. The van der Waals surface area contributed by atoms with E-state index in [-0.39, 0.29) is 11.6 Å². The monoisotopic (exact) mass is 316 g/mol. The maximum atomic E-state index is 14.3. The molecule has 120 valence electrons. The summed E-state index contributed by atoms with van der Waals surface area (Å²) in [6, 6.07) is 10.8. The molecule has 0 amide bonds. The van der Waals surface area contributed by atoms with Crippen LogP contribution in [0.15, 0.2) is 48.7 Å². The molecule has 0 radical (unpaired) electrons. The largest absolute Gasteiger partial charge is 0.391 e. The molecule has 3 rings (SSSR count). The Balaban J connectivity index is 2.18. The first kappa shape index (κ1) is 15.6. The molecule has 23 heavy (non-hydrogen) atoms. The van der Waals surface area contributed by atoms with Crippen molar-refractivity contribution in [2.45, 2.75) is 12.0 Å². The zero-order valence-corrected chi connectivity index (χ0v) is 12.7. The highest BCUT2D eigenvalue weighted by molar-refractivity contribution is 5.85. The van der Waals surface area contributed by atoms with E-state index in [4.69, 9.17) is 0 Å². The quantitative estimate of drug-likeness (QED) is 0.677. The van der Waals surface area contributed by atoms with E-state index in [0.717, 1.165) is 0 Å². The minimum absolute atomic E-state index is 0.308. The van der Waals surface area contributed by atoms with Crippen molar-refractivity contribution >= 4 is 10.9 Å².